The molecule has 0 aliphatic rings. The maximum atomic E-state index is 5.14. The van der Waals surface area contributed by atoms with Crippen LogP contribution in [-0.2, 0) is 0 Å². The zero-order valence-corrected chi connectivity index (χ0v) is 24.6. The van der Waals surface area contributed by atoms with Gasteiger partial charge in [-0.25, -0.2) is 19.9 Å². The smallest absolute Gasteiger partial charge is 0.146 e. The Balaban J connectivity index is 1.15. The fourth-order valence-electron chi connectivity index (χ4n) is 6.25. The average Bonchev–Trinajstić information content (AvgIpc) is 3.46. The van der Waals surface area contributed by atoms with Crippen molar-refractivity contribution in [1.82, 2.24) is 29.5 Å². The minimum absolute atomic E-state index is 0.772. The third-order valence-corrected chi connectivity index (χ3v) is 8.39. The molecule has 216 valence electrons. The predicted molar refractivity (Wildman–Crippen MR) is 185 cm³/mol. The van der Waals surface area contributed by atoms with Crippen LogP contribution in [-0.4, -0.2) is 29.5 Å². The Hall–Kier alpha value is -6.47. The summed E-state index contributed by atoms with van der Waals surface area (Å²) in [7, 11) is 0. The van der Waals surface area contributed by atoms with Gasteiger partial charge < -0.3 is 0 Å². The Morgan fingerprint density at radius 3 is 2.04 bits per heavy atom. The summed E-state index contributed by atoms with van der Waals surface area (Å²) < 4.78 is 2.12. The molecule has 0 N–H and O–H groups in total. The molecular weight excluding hydrogens is 566 g/mol. The quantitative estimate of drug-likeness (QED) is 0.186. The van der Waals surface area contributed by atoms with E-state index in [0.717, 1.165) is 78.0 Å². The van der Waals surface area contributed by atoms with Crippen LogP contribution in [0.25, 0.3) is 60.7 Å². The van der Waals surface area contributed by atoms with Crippen LogP contribution in [0.1, 0.15) is 0 Å². The third-order valence-electron chi connectivity index (χ3n) is 8.39. The molecule has 6 heterocycles. The van der Waals surface area contributed by atoms with Crippen LogP contribution >= 0.6 is 0 Å². The van der Waals surface area contributed by atoms with Crippen molar-refractivity contribution in [2.45, 2.75) is 0 Å². The van der Waals surface area contributed by atoms with E-state index in [2.05, 4.69) is 92.2 Å². The molecule has 0 atom stereocenters. The van der Waals surface area contributed by atoms with Gasteiger partial charge in [-0.05, 0) is 90.0 Å². The van der Waals surface area contributed by atoms with Gasteiger partial charge in [0, 0.05) is 52.0 Å². The topological polar surface area (TPSA) is 72.6 Å². The second-order valence-corrected chi connectivity index (χ2v) is 11.1. The zero-order valence-electron chi connectivity index (χ0n) is 24.6. The Kier molecular flexibility index (Phi) is 5.99. The second-order valence-electron chi connectivity index (χ2n) is 11.1. The Labute approximate surface area is 264 Å². The lowest BCUT2D eigenvalue weighted by atomic mass is 10.0. The fourth-order valence-corrected chi connectivity index (χ4v) is 6.25. The summed E-state index contributed by atoms with van der Waals surface area (Å²) >= 11 is 0. The van der Waals surface area contributed by atoms with E-state index in [0.29, 0.717) is 0 Å². The fraction of sp³-hybridized carbons (Fsp3) is 0. The number of aromatic nitrogens is 6. The van der Waals surface area contributed by atoms with E-state index in [1.54, 1.807) is 6.20 Å². The highest BCUT2D eigenvalue weighted by molar-refractivity contribution is 6.09. The molecule has 7 heteroatoms. The molecule has 0 aliphatic heterocycles. The molecule has 9 rings (SSSR count). The maximum absolute atomic E-state index is 5.14. The standard InChI is InChI=1S/C39H25N7/c1-3-21-40-34(9-1)45(36-20-16-28-12-11-27-7-5-23-42-37(27)38(28)44-36)30-17-13-26(14-18-30)29-15-19-33-32(25-29)31-8-6-24-43-39(31)46(33)35-10-2-4-22-41-35/h1-25H. The first-order valence-corrected chi connectivity index (χ1v) is 15.1. The monoisotopic (exact) mass is 591 g/mol. The van der Waals surface area contributed by atoms with Gasteiger partial charge in [0.25, 0.3) is 0 Å². The van der Waals surface area contributed by atoms with Crippen molar-refractivity contribution in [3.05, 3.63) is 152 Å². The average molecular weight is 592 g/mol. The van der Waals surface area contributed by atoms with Crippen LogP contribution in [0, 0.1) is 0 Å². The molecule has 7 nitrogen and oxygen atoms in total. The molecule has 0 amide bonds. The number of hydrogen-bond acceptors (Lipinski definition) is 6. The van der Waals surface area contributed by atoms with E-state index >= 15 is 0 Å². The maximum Gasteiger partial charge on any atom is 0.146 e. The summed E-state index contributed by atoms with van der Waals surface area (Å²) in [5.74, 6) is 2.40. The highest BCUT2D eigenvalue weighted by Crippen LogP contribution is 2.37. The Morgan fingerprint density at radius 1 is 0.478 bits per heavy atom. The molecule has 0 saturated heterocycles. The van der Waals surface area contributed by atoms with Crippen LogP contribution in [0.4, 0.5) is 17.3 Å². The number of fused-ring (bicyclic) bond motifs is 6. The Morgan fingerprint density at radius 2 is 1.22 bits per heavy atom. The summed E-state index contributed by atoms with van der Waals surface area (Å²) in [6.45, 7) is 0. The minimum atomic E-state index is 0.772. The summed E-state index contributed by atoms with van der Waals surface area (Å²) in [6.07, 6.45) is 7.26. The molecule has 46 heavy (non-hydrogen) atoms. The molecule has 0 radical (unpaired) electrons. The van der Waals surface area contributed by atoms with E-state index < -0.39 is 0 Å². The minimum Gasteiger partial charge on any atom is -0.279 e. The molecule has 3 aromatic carbocycles. The van der Waals surface area contributed by atoms with Gasteiger partial charge in [0.05, 0.1) is 16.6 Å². The van der Waals surface area contributed by atoms with Crippen LogP contribution < -0.4 is 4.90 Å². The van der Waals surface area contributed by atoms with Crippen molar-refractivity contribution in [3.63, 3.8) is 0 Å². The van der Waals surface area contributed by atoms with Gasteiger partial charge in [-0.1, -0.05) is 48.5 Å². The van der Waals surface area contributed by atoms with E-state index in [1.807, 2.05) is 73.2 Å². The second kappa shape index (κ2) is 10.6. The molecule has 0 bridgehead atoms. The summed E-state index contributed by atoms with van der Waals surface area (Å²) in [5.41, 5.74) is 6.89. The van der Waals surface area contributed by atoms with Gasteiger partial charge in [-0.3, -0.25) is 14.5 Å². The van der Waals surface area contributed by atoms with Crippen molar-refractivity contribution < 1.29 is 0 Å². The van der Waals surface area contributed by atoms with Gasteiger partial charge in [0.2, 0.25) is 0 Å². The molecule has 0 aliphatic carbocycles. The summed E-state index contributed by atoms with van der Waals surface area (Å²) in [4.78, 5) is 25.9. The SMILES string of the molecule is c1ccc(N(c2ccc(-c3ccc4c(c3)c3cccnc3n4-c3ccccn3)cc2)c2ccc3ccc4cccnc4c3n2)nc1. The summed E-state index contributed by atoms with van der Waals surface area (Å²) in [5, 5.41) is 4.32. The number of nitrogens with zero attached hydrogens (tertiary/aromatic N) is 7. The molecular formula is C39H25N7. The molecule has 0 unspecified atom stereocenters. The first-order chi connectivity index (χ1) is 22.8. The first kappa shape index (κ1) is 26.0. The molecule has 0 spiro atoms. The predicted octanol–water partition coefficient (Wildman–Crippen LogP) is 9.20. The van der Waals surface area contributed by atoms with Crippen molar-refractivity contribution in [3.8, 4) is 16.9 Å². The normalized spacial score (nSPS) is 11.5. The van der Waals surface area contributed by atoms with Crippen molar-refractivity contribution >= 4 is 61.1 Å². The third kappa shape index (κ3) is 4.25. The number of pyridine rings is 5. The van der Waals surface area contributed by atoms with E-state index in [9.17, 15) is 0 Å². The summed E-state index contributed by atoms with van der Waals surface area (Å²) in [6, 6.07) is 43.4. The molecule has 0 fully saturated rings. The van der Waals surface area contributed by atoms with Crippen LogP contribution in [0.15, 0.2) is 152 Å². The lowest BCUT2D eigenvalue weighted by Crippen LogP contribution is -2.13. The lowest BCUT2D eigenvalue weighted by Gasteiger charge is -2.23. The largest absolute Gasteiger partial charge is 0.279 e. The highest BCUT2D eigenvalue weighted by atomic mass is 15.2. The molecule has 9 aromatic rings. The van der Waals surface area contributed by atoms with Gasteiger partial charge in [0.1, 0.15) is 23.1 Å². The lowest BCUT2D eigenvalue weighted by molar-refractivity contribution is 1.06. The number of hydrogen-bond donors (Lipinski definition) is 0. The highest BCUT2D eigenvalue weighted by Gasteiger charge is 2.18. The van der Waals surface area contributed by atoms with Crippen molar-refractivity contribution in [1.29, 1.82) is 0 Å². The molecule has 0 saturated carbocycles. The van der Waals surface area contributed by atoms with E-state index in [4.69, 9.17) is 15.0 Å². The van der Waals surface area contributed by atoms with Crippen LogP contribution in [0.5, 0.6) is 0 Å². The van der Waals surface area contributed by atoms with Gasteiger partial charge in [-0.2, -0.15) is 0 Å². The van der Waals surface area contributed by atoms with E-state index in [1.165, 1.54) is 0 Å². The first-order valence-electron chi connectivity index (χ1n) is 15.1. The number of rotatable bonds is 5. The van der Waals surface area contributed by atoms with Crippen molar-refractivity contribution in [2.24, 2.45) is 0 Å². The number of anilines is 3. The molecule has 6 aromatic heterocycles. The van der Waals surface area contributed by atoms with E-state index in [-0.39, 0.29) is 0 Å². The number of benzene rings is 3. The van der Waals surface area contributed by atoms with Crippen molar-refractivity contribution in [2.75, 3.05) is 4.90 Å². The van der Waals surface area contributed by atoms with Gasteiger partial charge >= 0.3 is 0 Å². The van der Waals surface area contributed by atoms with Gasteiger partial charge in [-0.15, -0.1) is 0 Å². The Bertz CT molecular complexity index is 2530. The van der Waals surface area contributed by atoms with Crippen LogP contribution in [0.3, 0.4) is 0 Å². The van der Waals surface area contributed by atoms with Gasteiger partial charge in [0.15, 0.2) is 0 Å². The van der Waals surface area contributed by atoms with Crippen LogP contribution in [0.2, 0.25) is 0 Å². The zero-order chi connectivity index (χ0) is 30.5.